The SMILES string of the molecule is O=c1n(-c2ccccc2)c(=O)n2n1[C@@H]1C=C[C@@H]2N(S(=O)(=O)c2ccccc2)C1. The number of aromatic nitrogens is 3. The van der Waals surface area contributed by atoms with Gasteiger partial charge in [0.1, 0.15) is 6.17 Å². The topological polar surface area (TPSA) is 86.3 Å². The molecule has 0 aliphatic carbocycles. The third-order valence-corrected chi connectivity index (χ3v) is 6.95. The molecule has 0 amide bonds. The predicted molar refractivity (Wildman–Crippen MR) is 102 cm³/mol. The van der Waals surface area contributed by atoms with Gasteiger partial charge in [-0.25, -0.2) is 31.9 Å². The molecule has 2 bridgehead atoms. The third kappa shape index (κ3) is 2.23. The van der Waals surface area contributed by atoms with Crippen LogP contribution in [0.2, 0.25) is 0 Å². The van der Waals surface area contributed by atoms with Gasteiger partial charge in [0, 0.05) is 6.54 Å². The van der Waals surface area contributed by atoms with E-state index in [-0.39, 0.29) is 11.4 Å². The third-order valence-electron chi connectivity index (χ3n) is 5.10. The Hall–Kier alpha value is -3.17. The minimum absolute atomic E-state index is 0.0938. The lowest BCUT2D eigenvalue weighted by molar-refractivity contribution is 0.144. The number of hydrogen-bond donors (Lipinski definition) is 0. The van der Waals surface area contributed by atoms with Crippen LogP contribution in [0.15, 0.2) is 87.3 Å². The highest BCUT2D eigenvalue weighted by Gasteiger charge is 2.44. The van der Waals surface area contributed by atoms with E-state index in [1.165, 1.54) is 25.8 Å². The highest BCUT2D eigenvalue weighted by molar-refractivity contribution is 7.89. The molecule has 0 N–H and O–H groups in total. The summed E-state index contributed by atoms with van der Waals surface area (Å²) in [7, 11) is -3.82. The monoisotopic (exact) mass is 396 g/mol. The molecular formula is C19H16N4O4S. The molecule has 9 heteroatoms. The second-order valence-electron chi connectivity index (χ2n) is 6.68. The van der Waals surface area contributed by atoms with Gasteiger partial charge in [-0.15, -0.1) is 0 Å². The van der Waals surface area contributed by atoms with Crippen LogP contribution in [-0.4, -0.2) is 33.2 Å². The van der Waals surface area contributed by atoms with E-state index in [2.05, 4.69) is 0 Å². The second-order valence-corrected chi connectivity index (χ2v) is 8.57. The summed E-state index contributed by atoms with van der Waals surface area (Å²) in [6.07, 6.45) is 2.54. The number of hydrogen-bond acceptors (Lipinski definition) is 4. The minimum Gasteiger partial charge on any atom is -0.245 e. The van der Waals surface area contributed by atoms with Crippen LogP contribution in [0.3, 0.4) is 0 Å². The maximum atomic E-state index is 13.1. The lowest BCUT2D eigenvalue weighted by Crippen LogP contribution is -2.53. The van der Waals surface area contributed by atoms with Crippen molar-refractivity contribution >= 4 is 10.0 Å². The maximum Gasteiger partial charge on any atom is 0.353 e. The van der Waals surface area contributed by atoms with Crippen LogP contribution in [0.25, 0.3) is 5.69 Å². The molecule has 3 aliphatic rings. The molecule has 28 heavy (non-hydrogen) atoms. The van der Waals surface area contributed by atoms with E-state index in [1.807, 2.05) is 0 Å². The highest BCUT2D eigenvalue weighted by Crippen LogP contribution is 2.34. The summed E-state index contributed by atoms with van der Waals surface area (Å²) < 4.78 is 31.2. The number of rotatable bonds is 3. The molecule has 142 valence electrons. The van der Waals surface area contributed by atoms with Crippen LogP contribution < -0.4 is 11.4 Å². The Morgan fingerprint density at radius 2 is 1.39 bits per heavy atom. The molecule has 0 spiro atoms. The predicted octanol–water partition coefficient (Wildman–Crippen LogP) is 1.11. The Morgan fingerprint density at radius 1 is 0.786 bits per heavy atom. The van der Waals surface area contributed by atoms with Crippen molar-refractivity contribution in [1.29, 1.82) is 0 Å². The van der Waals surface area contributed by atoms with Crippen LogP contribution in [-0.2, 0) is 10.0 Å². The van der Waals surface area contributed by atoms with Crippen LogP contribution in [0.4, 0.5) is 0 Å². The van der Waals surface area contributed by atoms with Gasteiger partial charge in [-0.3, -0.25) is 0 Å². The first-order valence-corrected chi connectivity index (χ1v) is 10.2. The summed E-state index contributed by atoms with van der Waals surface area (Å²) in [5.74, 6) is 0. The van der Waals surface area contributed by atoms with Crippen molar-refractivity contribution in [1.82, 2.24) is 18.2 Å². The average molecular weight is 396 g/mol. The molecule has 4 heterocycles. The summed E-state index contributed by atoms with van der Waals surface area (Å²) in [6.45, 7) is 0.0938. The Kier molecular flexibility index (Phi) is 3.58. The first-order valence-electron chi connectivity index (χ1n) is 8.77. The zero-order valence-electron chi connectivity index (χ0n) is 14.6. The molecule has 3 aromatic rings. The number of nitrogens with zero attached hydrogens (tertiary/aromatic N) is 4. The van der Waals surface area contributed by atoms with Crippen molar-refractivity contribution in [3.05, 3.63) is 93.8 Å². The van der Waals surface area contributed by atoms with Crippen molar-refractivity contribution < 1.29 is 8.42 Å². The molecule has 6 rings (SSSR count). The standard InChI is InChI=1S/C19H16N4O4S/c24-18-21(14-7-3-1-4-8-14)19(25)23-17-12-11-15(22(18)23)13-20(17)28(26,27)16-9-5-2-6-10-16/h1-12,15,17H,13H2/t15-,17-/m1/s1. The Balaban J connectivity index is 1.69. The highest BCUT2D eigenvalue weighted by atomic mass is 32.2. The fourth-order valence-electron chi connectivity index (χ4n) is 3.82. The van der Waals surface area contributed by atoms with Gasteiger partial charge in [-0.05, 0) is 30.3 Å². The van der Waals surface area contributed by atoms with E-state index in [4.69, 9.17) is 0 Å². The zero-order chi connectivity index (χ0) is 19.5. The van der Waals surface area contributed by atoms with Crippen molar-refractivity contribution in [2.75, 3.05) is 6.54 Å². The number of sulfonamides is 1. The fraction of sp³-hybridized carbons (Fsp3) is 0.158. The number of para-hydroxylation sites is 1. The van der Waals surface area contributed by atoms with Gasteiger partial charge < -0.3 is 0 Å². The molecule has 2 atom stereocenters. The van der Waals surface area contributed by atoms with Crippen LogP contribution in [0, 0.1) is 0 Å². The van der Waals surface area contributed by atoms with E-state index < -0.39 is 33.6 Å². The van der Waals surface area contributed by atoms with Gasteiger partial charge in [0.25, 0.3) is 0 Å². The van der Waals surface area contributed by atoms with Crippen molar-refractivity contribution in [3.63, 3.8) is 0 Å². The van der Waals surface area contributed by atoms with Crippen molar-refractivity contribution in [3.8, 4) is 5.69 Å². The number of fused-ring (bicyclic) bond motifs is 1. The van der Waals surface area contributed by atoms with Crippen LogP contribution in [0.5, 0.6) is 0 Å². The minimum atomic E-state index is -3.82. The maximum absolute atomic E-state index is 13.1. The molecule has 0 unspecified atom stereocenters. The first-order chi connectivity index (χ1) is 13.5. The number of benzene rings is 2. The van der Waals surface area contributed by atoms with Gasteiger partial charge in [0.15, 0.2) is 0 Å². The van der Waals surface area contributed by atoms with E-state index >= 15 is 0 Å². The molecule has 0 radical (unpaired) electrons. The van der Waals surface area contributed by atoms with Gasteiger partial charge in [-0.1, -0.05) is 42.5 Å². The molecule has 0 fully saturated rings. The van der Waals surface area contributed by atoms with Crippen molar-refractivity contribution in [2.45, 2.75) is 17.1 Å². The first kappa shape index (κ1) is 17.0. The fourth-order valence-corrected chi connectivity index (χ4v) is 5.38. The molecule has 2 aromatic carbocycles. The molecule has 1 aromatic heterocycles. The Labute approximate surface area is 160 Å². The lowest BCUT2D eigenvalue weighted by Gasteiger charge is -2.41. The van der Waals surface area contributed by atoms with E-state index in [0.29, 0.717) is 5.69 Å². The van der Waals surface area contributed by atoms with E-state index in [1.54, 1.807) is 60.7 Å². The van der Waals surface area contributed by atoms with E-state index in [0.717, 1.165) is 4.57 Å². The summed E-state index contributed by atoms with van der Waals surface area (Å²) >= 11 is 0. The summed E-state index contributed by atoms with van der Waals surface area (Å²) in [5.41, 5.74) is -0.598. The average Bonchev–Trinajstić information content (AvgIpc) is 3.02. The van der Waals surface area contributed by atoms with Gasteiger partial charge in [0.05, 0.1) is 16.6 Å². The summed E-state index contributed by atoms with van der Waals surface area (Å²) in [6, 6.07) is 16.1. The Morgan fingerprint density at radius 3 is 2.07 bits per heavy atom. The Bertz CT molecular complexity index is 1300. The lowest BCUT2D eigenvalue weighted by atomic mass is 10.1. The quantitative estimate of drug-likeness (QED) is 0.621. The molecular weight excluding hydrogens is 380 g/mol. The summed E-state index contributed by atoms with van der Waals surface area (Å²) in [5, 5.41) is 0. The van der Waals surface area contributed by atoms with Crippen LogP contribution >= 0.6 is 0 Å². The largest absolute Gasteiger partial charge is 0.353 e. The van der Waals surface area contributed by atoms with Gasteiger partial charge >= 0.3 is 11.4 Å². The normalized spacial score (nSPS) is 21.0. The van der Waals surface area contributed by atoms with Gasteiger partial charge in [-0.2, -0.15) is 4.31 Å². The zero-order valence-corrected chi connectivity index (χ0v) is 15.4. The molecule has 8 nitrogen and oxygen atoms in total. The smallest absolute Gasteiger partial charge is 0.245 e. The van der Waals surface area contributed by atoms with Crippen molar-refractivity contribution in [2.24, 2.45) is 0 Å². The summed E-state index contributed by atoms with van der Waals surface area (Å²) in [4.78, 5) is 26.2. The van der Waals surface area contributed by atoms with Crippen LogP contribution in [0.1, 0.15) is 12.2 Å². The van der Waals surface area contributed by atoms with Gasteiger partial charge in [0.2, 0.25) is 10.0 Å². The van der Waals surface area contributed by atoms with E-state index in [9.17, 15) is 18.0 Å². The second kappa shape index (κ2) is 5.91. The molecule has 0 saturated carbocycles. The molecule has 0 saturated heterocycles. The molecule has 3 aliphatic heterocycles.